The number of hydrogen-bond donors (Lipinski definition) is 1. The van der Waals surface area contributed by atoms with Gasteiger partial charge in [-0.3, -0.25) is 4.79 Å². The van der Waals surface area contributed by atoms with Gasteiger partial charge in [-0.15, -0.1) is 5.10 Å². The van der Waals surface area contributed by atoms with Crippen LogP contribution in [0.2, 0.25) is 0 Å². The van der Waals surface area contributed by atoms with E-state index in [-0.39, 0.29) is 13.2 Å². The van der Waals surface area contributed by atoms with Gasteiger partial charge in [-0.25, -0.2) is 4.68 Å². The maximum atomic E-state index is 11.6. The number of carboxylic acids is 1. The van der Waals surface area contributed by atoms with Crippen molar-refractivity contribution < 1.29 is 19.4 Å². The molecule has 1 aromatic rings. The largest absolute Gasteiger partial charge is 0.481 e. The molecule has 2 heterocycles. The summed E-state index contributed by atoms with van der Waals surface area (Å²) < 4.78 is 12.0. The molecule has 0 aliphatic carbocycles. The van der Waals surface area contributed by atoms with Crippen molar-refractivity contribution in [2.45, 2.75) is 32.9 Å². The van der Waals surface area contributed by atoms with Gasteiger partial charge < -0.3 is 14.6 Å². The molecule has 2 rings (SSSR count). The first kappa shape index (κ1) is 13.9. The van der Waals surface area contributed by atoms with Gasteiger partial charge in [-0.1, -0.05) is 0 Å². The van der Waals surface area contributed by atoms with Crippen LogP contribution in [0.15, 0.2) is 0 Å². The van der Waals surface area contributed by atoms with Gasteiger partial charge in [0.15, 0.2) is 5.82 Å². The summed E-state index contributed by atoms with van der Waals surface area (Å²) in [5.41, 5.74) is -0.853. The van der Waals surface area contributed by atoms with Crippen molar-refractivity contribution in [2.24, 2.45) is 5.41 Å². The zero-order chi connectivity index (χ0) is 13.7. The van der Waals surface area contributed by atoms with Crippen molar-refractivity contribution in [3.63, 3.8) is 0 Å². The second-order valence-corrected chi connectivity index (χ2v) is 4.59. The highest BCUT2D eigenvalue weighted by molar-refractivity contribution is 5.74. The van der Waals surface area contributed by atoms with Crippen LogP contribution in [0.4, 0.5) is 0 Å². The molecule has 1 fully saturated rings. The fourth-order valence-electron chi connectivity index (χ4n) is 2.13. The number of ether oxygens (including phenoxy) is 2. The summed E-state index contributed by atoms with van der Waals surface area (Å²) >= 11 is 0. The van der Waals surface area contributed by atoms with Crippen LogP contribution in [0.25, 0.3) is 0 Å². The fourth-order valence-corrected chi connectivity index (χ4v) is 2.13. The third kappa shape index (κ3) is 3.07. The Hall–Kier alpha value is -1.54. The van der Waals surface area contributed by atoms with E-state index in [9.17, 15) is 9.90 Å². The van der Waals surface area contributed by atoms with Crippen LogP contribution in [0.5, 0.6) is 0 Å². The number of tetrazole rings is 1. The van der Waals surface area contributed by atoms with E-state index < -0.39 is 11.4 Å². The molecule has 0 spiro atoms. The molecule has 19 heavy (non-hydrogen) atoms. The van der Waals surface area contributed by atoms with Crippen LogP contribution in [-0.4, -0.2) is 51.1 Å². The van der Waals surface area contributed by atoms with Gasteiger partial charge in [-0.2, -0.15) is 0 Å². The molecule has 8 nitrogen and oxygen atoms in total. The van der Waals surface area contributed by atoms with E-state index in [4.69, 9.17) is 9.47 Å². The highest BCUT2D eigenvalue weighted by Crippen LogP contribution is 2.32. The highest BCUT2D eigenvalue weighted by Gasteiger charge is 2.41. The number of carbonyl (C=O) groups is 1. The van der Waals surface area contributed by atoms with Crippen LogP contribution in [-0.2, 0) is 27.4 Å². The van der Waals surface area contributed by atoms with Crippen LogP contribution >= 0.6 is 0 Å². The van der Waals surface area contributed by atoms with E-state index in [0.29, 0.717) is 38.5 Å². The van der Waals surface area contributed by atoms with E-state index in [1.54, 1.807) is 0 Å². The molecule has 0 atom stereocenters. The van der Waals surface area contributed by atoms with E-state index in [2.05, 4.69) is 15.5 Å². The molecule has 0 aromatic carbocycles. The number of nitrogens with zero attached hydrogens (tertiary/aromatic N) is 4. The summed E-state index contributed by atoms with van der Waals surface area (Å²) in [6.45, 7) is 3.89. The zero-order valence-electron chi connectivity index (χ0n) is 10.9. The van der Waals surface area contributed by atoms with Gasteiger partial charge in [0.25, 0.3) is 0 Å². The van der Waals surface area contributed by atoms with Gasteiger partial charge in [-0.05, 0) is 30.2 Å². The fraction of sp³-hybridized carbons (Fsp3) is 0.818. The smallest absolute Gasteiger partial charge is 0.311 e. The van der Waals surface area contributed by atoms with Gasteiger partial charge in [0.1, 0.15) is 6.61 Å². The summed E-state index contributed by atoms with van der Waals surface area (Å²) in [5.74, 6) is -0.275. The summed E-state index contributed by atoms with van der Waals surface area (Å²) in [5, 5.41) is 20.8. The summed E-state index contributed by atoms with van der Waals surface area (Å²) in [7, 11) is 0. The average Bonchev–Trinajstić information content (AvgIpc) is 2.84. The molecule has 1 aliphatic heterocycles. The van der Waals surface area contributed by atoms with Crippen molar-refractivity contribution in [3.05, 3.63) is 5.82 Å². The molecular formula is C11H18N4O4. The predicted molar refractivity (Wildman–Crippen MR) is 63.3 cm³/mol. The first-order chi connectivity index (χ1) is 9.18. The Kier molecular flexibility index (Phi) is 4.43. The first-order valence-corrected chi connectivity index (χ1v) is 6.32. The minimum absolute atomic E-state index is 0.251. The molecule has 0 saturated carbocycles. The summed E-state index contributed by atoms with van der Waals surface area (Å²) in [6, 6.07) is 0. The third-order valence-corrected chi connectivity index (χ3v) is 3.40. The Morgan fingerprint density at radius 1 is 1.53 bits per heavy atom. The number of hydrogen-bond acceptors (Lipinski definition) is 6. The molecule has 106 valence electrons. The summed E-state index contributed by atoms with van der Waals surface area (Å²) in [4.78, 5) is 11.6. The predicted octanol–water partition coefficient (Wildman–Crippen LogP) is 0.0910. The van der Waals surface area contributed by atoms with Crippen molar-refractivity contribution in [2.75, 3.05) is 19.8 Å². The topological polar surface area (TPSA) is 99.4 Å². The Labute approximate surface area is 110 Å². The lowest BCUT2D eigenvalue weighted by Gasteiger charge is -2.32. The average molecular weight is 270 g/mol. The van der Waals surface area contributed by atoms with Crippen LogP contribution in [0.1, 0.15) is 25.6 Å². The number of rotatable bonds is 6. The van der Waals surface area contributed by atoms with E-state index in [1.165, 1.54) is 4.68 Å². The third-order valence-electron chi connectivity index (χ3n) is 3.40. The summed E-state index contributed by atoms with van der Waals surface area (Å²) in [6.07, 6.45) is 0.937. The Morgan fingerprint density at radius 2 is 2.26 bits per heavy atom. The quantitative estimate of drug-likeness (QED) is 0.782. The van der Waals surface area contributed by atoms with Crippen molar-refractivity contribution in [1.82, 2.24) is 20.2 Å². The molecule has 0 bridgehead atoms. The van der Waals surface area contributed by atoms with Gasteiger partial charge in [0.2, 0.25) is 0 Å². The van der Waals surface area contributed by atoms with Gasteiger partial charge in [0.05, 0.1) is 12.0 Å². The SMILES string of the molecule is CCOCc1nnnn1CC1(C(=O)O)CCOCC1. The van der Waals surface area contributed by atoms with Crippen LogP contribution in [0.3, 0.4) is 0 Å². The number of aromatic nitrogens is 4. The lowest BCUT2D eigenvalue weighted by molar-refractivity contribution is -0.156. The molecule has 1 aromatic heterocycles. The molecule has 1 aliphatic rings. The van der Waals surface area contributed by atoms with Crippen LogP contribution in [0, 0.1) is 5.41 Å². The van der Waals surface area contributed by atoms with Crippen LogP contribution < -0.4 is 0 Å². The number of carboxylic acid groups (broad SMARTS) is 1. The molecule has 1 saturated heterocycles. The van der Waals surface area contributed by atoms with Crippen molar-refractivity contribution in [3.8, 4) is 0 Å². The van der Waals surface area contributed by atoms with Crippen molar-refractivity contribution in [1.29, 1.82) is 0 Å². The molecular weight excluding hydrogens is 252 g/mol. The van der Waals surface area contributed by atoms with Gasteiger partial charge in [0, 0.05) is 19.8 Å². The van der Waals surface area contributed by atoms with E-state index >= 15 is 0 Å². The minimum Gasteiger partial charge on any atom is -0.481 e. The first-order valence-electron chi connectivity index (χ1n) is 6.32. The Bertz CT molecular complexity index is 428. The van der Waals surface area contributed by atoms with Gasteiger partial charge >= 0.3 is 5.97 Å². The lowest BCUT2D eigenvalue weighted by Crippen LogP contribution is -2.41. The van der Waals surface area contributed by atoms with E-state index in [1.807, 2.05) is 6.92 Å². The highest BCUT2D eigenvalue weighted by atomic mass is 16.5. The Morgan fingerprint density at radius 3 is 2.89 bits per heavy atom. The Balaban J connectivity index is 2.13. The molecule has 0 amide bonds. The second kappa shape index (κ2) is 6.07. The minimum atomic E-state index is -0.853. The molecule has 0 unspecified atom stereocenters. The number of aliphatic carboxylic acids is 1. The normalized spacial score (nSPS) is 18.4. The van der Waals surface area contributed by atoms with E-state index in [0.717, 1.165) is 0 Å². The lowest BCUT2D eigenvalue weighted by atomic mass is 9.80. The second-order valence-electron chi connectivity index (χ2n) is 4.59. The molecule has 8 heteroatoms. The molecule has 0 radical (unpaired) electrons. The maximum Gasteiger partial charge on any atom is 0.311 e. The molecule has 1 N–H and O–H groups in total. The zero-order valence-corrected chi connectivity index (χ0v) is 10.9. The van der Waals surface area contributed by atoms with Crippen molar-refractivity contribution >= 4 is 5.97 Å². The monoisotopic (exact) mass is 270 g/mol. The maximum absolute atomic E-state index is 11.6. The standard InChI is InChI=1S/C11H18N4O4/c1-2-18-7-9-12-13-14-15(9)8-11(10(16)17)3-5-19-6-4-11/h2-8H2,1H3,(H,16,17).